The maximum Gasteiger partial charge on any atom is 0.306 e. The van der Waals surface area contributed by atoms with Crippen molar-refractivity contribution in [2.24, 2.45) is 5.92 Å². The van der Waals surface area contributed by atoms with Gasteiger partial charge in [-0.25, -0.2) is 0 Å². The second kappa shape index (κ2) is 4.78. The van der Waals surface area contributed by atoms with Crippen molar-refractivity contribution in [2.45, 2.75) is 44.6 Å². The van der Waals surface area contributed by atoms with Gasteiger partial charge in [0.15, 0.2) is 0 Å². The summed E-state index contributed by atoms with van der Waals surface area (Å²) in [4.78, 5) is 11.5. The Bertz CT molecular complexity index is 195. The molecule has 80 valence electrons. The molecule has 1 N–H and O–H groups in total. The number of nitrogens with one attached hydrogen (secondary N) is 1. The topological polar surface area (TPSA) is 38.3 Å². The van der Waals surface area contributed by atoms with Crippen molar-refractivity contribution in [3.63, 3.8) is 0 Å². The Balaban J connectivity index is 1.64. The van der Waals surface area contributed by atoms with Gasteiger partial charge in [0.2, 0.25) is 0 Å². The summed E-state index contributed by atoms with van der Waals surface area (Å²) in [6, 6.07) is 0. The molecule has 0 spiro atoms. The normalized spacial score (nSPS) is 24.3. The molecule has 1 aliphatic heterocycles. The summed E-state index contributed by atoms with van der Waals surface area (Å²) < 4.78 is 5.33. The van der Waals surface area contributed by atoms with Crippen LogP contribution in [0.2, 0.25) is 0 Å². The number of carbonyl (C=O) groups excluding carboxylic acids is 1. The highest BCUT2D eigenvalue weighted by Crippen LogP contribution is 2.24. The first-order valence-corrected chi connectivity index (χ1v) is 5.75. The van der Waals surface area contributed by atoms with Crippen LogP contribution in [0.5, 0.6) is 0 Å². The average molecular weight is 197 g/mol. The van der Waals surface area contributed by atoms with Crippen molar-refractivity contribution in [3.8, 4) is 0 Å². The van der Waals surface area contributed by atoms with E-state index in [1.54, 1.807) is 0 Å². The molecule has 0 bridgehead atoms. The summed E-state index contributed by atoms with van der Waals surface area (Å²) in [5, 5.41) is 3.30. The Labute approximate surface area is 85.2 Å². The van der Waals surface area contributed by atoms with Crippen molar-refractivity contribution < 1.29 is 9.53 Å². The van der Waals surface area contributed by atoms with Gasteiger partial charge in [0, 0.05) is 6.42 Å². The summed E-state index contributed by atoms with van der Waals surface area (Å²) in [6.45, 7) is 2.11. The maximum absolute atomic E-state index is 11.5. The predicted molar refractivity (Wildman–Crippen MR) is 53.9 cm³/mol. The zero-order chi connectivity index (χ0) is 9.80. The molecule has 3 nitrogen and oxygen atoms in total. The van der Waals surface area contributed by atoms with Crippen LogP contribution in [0.4, 0.5) is 0 Å². The van der Waals surface area contributed by atoms with E-state index in [0.29, 0.717) is 12.3 Å². The van der Waals surface area contributed by atoms with Crippen molar-refractivity contribution in [1.29, 1.82) is 0 Å². The first kappa shape index (κ1) is 9.97. The minimum absolute atomic E-state index is 0.0293. The Morgan fingerprint density at radius 1 is 1.21 bits per heavy atom. The highest BCUT2D eigenvalue weighted by atomic mass is 16.5. The van der Waals surface area contributed by atoms with Crippen LogP contribution in [0, 0.1) is 5.92 Å². The minimum Gasteiger partial charge on any atom is -0.462 e. The highest BCUT2D eigenvalue weighted by Gasteiger charge is 2.24. The molecule has 0 aromatic heterocycles. The third kappa shape index (κ3) is 2.71. The zero-order valence-electron chi connectivity index (χ0n) is 8.63. The van der Waals surface area contributed by atoms with Gasteiger partial charge in [-0.2, -0.15) is 0 Å². The molecule has 1 heterocycles. The van der Waals surface area contributed by atoms with Gasteiger partial charge >= 0.3 is 5.97 Å². The fourth-order valence-corrected chi connectivity index (χ4v) is 2.04. The molecule has 14 heavy (non-hydrogen) atoms. The van der Waals surface area contributed by atoms with E-state index in [1.807, 2.05) is 0 Å². The van der Waals surface area contributed by atoms with Crippen molar-refractivity contribution in [1.82, 2.24) is 5.32 Å². The van der Waals surface area contributed by atoms with Crippen LogP contribution in [0.3, 0.4) is 0 Å². The van der Waals surface area contributed by atoms with E-state index in [2.05, 4.69) is 5.32 Å². The summed E-state index contributed by atoms with van der Waals surface area (Å²) in [7, 11) is 0. The molecule has 2 fully saturated rings. The fourth-order valence-electron chi connectivity index (χ4n) is 2.04. The molecule has 1 saturated carbocycles. The molecule has 0 aromatic rings. The van der Waals surface area contributed by atoms with Gasteiger partial charge in [0.25, 0.3) is 0 Å². The van der Waals surface area contributed by atoms with E-state index in [-0.39, 0.29) is 12.1 Å². The van der Waals surface area contributed by atoms with Gasteiger partial charge in [-0.3, -0.25) is 4.79 Å². The maximum atomic E-state index is 11.5. The molecule has 0 amide bonds. The van der Waals surface area contributed by atoms with E-state index >= 15 is 0 Å². The summed E-state index contributed by atoms with van der Waals surface area (Å²) in [5.74, 6) is 0.588. The highest BCUT2D eigenvalue weighted by molar-refractivity contribution is 5.70. The molecule has 0 aromatic carbocycles. The van der Waals surface area contributed by atoms with Crippen molar-refractivity contribution >= 4 is 5.97 Å². The van der Waals surface area contributed by atoms with E-state index < -0.39 is 0 Å². The zero-order valence-corrected chi connectivity index (χ0v) is 8.63. The first-order valence-electron chi connectivity index (χ1n) is 5.75. The van der Waals surface area contributed by atoms with Gasteiger partial charge < -0.3 is 10.1 Å². The number of rotatable bonds is 3. The van der Waals surface area contributed by atoms with Crippen LogP contribution in [0.15, 0.2) is 0 Å². The molecule has 2 aliphatic rings. The second-order valence-electron chi connectivity index (χ2n) is 4.44. The molecule has 3 heteroatoms. The lowest BCUT2D eigenvalue weighted by atomic mass is 9.94. The lowest BCUT2D eigenvalue weighted by molar-refractivity contribution is -0.154. The van der Waals surface area contributed by atoms with E-state index in [4.69, 9.17) is 4.74 Å². The van der Waals surface area contributed by atoms with Crippen molar-refractivity contribution in [2.75, 3.05) is 13.1 Å². The molecule has 1 saturated heterocycles. The minimum atomic E-state index is 0.0293. The third-order valence-corrected chi connectivity index (χ3v) is 3.26. The quantitative estimate of drug-likeness (QED) is 0.696. The standard InChI is InChI=1S/C11H19NO2/c13-11(14-10-2-1-3-10)8-9-4-6-12-7-5-9/h9-10,12H,1-8H2. The largest absolute Gasteiger partial charge is 0.462 e. The third-order valence-electron chi connectivity index (χ3n) is 3.26. The Kier molecular flexibility index (Phi) is 3.40. The second-order valence-corrected chi connectivity index (χ2v) is 4.44. The number of hydrogen-bond donors (Lipinski definition) is 1. The number of esters is 1. The van der Waals surface area contributed by atoms with Crippen LogP contribution >= 0.6 is 0 Å². The Hall–Kier alpha value is -0.570. The number of carbonyl (C=O) groups is 1. The Morgan fingerprint density at radius 3 is 2.50 bits per heavy atom. The van der Waals surface area contributed by atoms with Crippen LogP contribution in [-0.4, -0.2) is 25.2 Å². The van der Waals surface area contributed by atoms with Crippen LogP contribution in [0.25, 0.3) is 0 Å². The van der Waals surface area contributed by atoms with Crippen LogP contribution in [-0.2, 0) is 9.53 Å². The van der Waals surface area contributed by atoms with Gasteiger partial charge in [0.1, 0.15) is 6.10 Å². The molecule has 2 rings (SSSR count). The average Bonchev–Trinajstić information content (AvgIpc) is 2.13. The molecule has 1 aliphatic carbocycles. The summed E-state index contributed by atoms with van der Waals surface area (Å²) in [5.41, 5.74) is 0. The lowest BCUT2D eigenvalue weighted by Gasteiger charge is -2.27. The number of ether oxygens (including phenoxy) is 1. The van der Waals surface area contributed by atoms with Gasteiger partial charge in [-0.05, 0) is 51.1 Å². The number of piperidine rings is 1. The smallest absolute Gasteiger partial charge is 0.306 e. The van der Waals surface area contributed by atoms with Crippen LogP contribution in [0.1, 0.15) is 38.5 Å². The van der Waals surface area contributed by atoms with Gasteiger partial charge in [-0.15, -0.1) is 0 Å². The molecular weight excluding hydrogens is 178 g/mol. The van der Waals surface area contributed by atoms with E-state index in [1.165, 1.54) is 6.42 Å². The van der Waals surface area contributed by atoms with E-state index in [9.17, 15) is 4.79 Å². The predicted octanol–water partition coefficient (Wildman–Crippen LogP) is 1.47. The molecule has 0 unspecified atom stereocenters. The Morgan fingerprint density at radius 2 is 1.93 bits per heavy atom. The molecular formula is C11H19NO2. The molecule has 0 radical (unpaired) electrons. The molecule has 0 atom stereocenters. The SMILES string of the molecule is O=C(CC1CCNCC1)OC1CCC1. The van der Waals surface area contributed by atoms with E-state index in [0.717, 1.165) is 38.8 Å². The summed E-state index contributed by atoms with van der Waals surface area (Å²) >= 11 is 0. The monoisotopic (exact) mass is 197 g/mol. The van der Waals surface area contributed by atoms with Gasteiger partial charge in [-0.1, -0.05) is 0 Å². The number of hydrogen-bond acceptors (Lipinski definition) is 3. The fraction of sp³-hybridized carbons (Fsp3) is 0.909. The van der Waals surface area contributed by atoms with Crippen LogP contribution < -0.4 is 5.32 Å². The summed E-state index contributed by atoms with van der Waals surface area (Å²) in [6.07, 6.45) is 6.53. The first-order chi connectivity index (χ1) is 6.84. The van der Waals surface area contributed by atoms with Crippen molar-refractivity contribution in [3.05, 3.63) is 0 Å². The lowest BCUT2D eigenvalue weighted by Crippen LogP contribution is -2.31. The van der Waals surface area contributed by atoms with Gasteiger partial charge in [0.05, 0.1) is 0 Å².